The zero-order valence-corrected chi connectivity index (χ0v) is 13.8. The Bertz CT molecular complexity index is 746. The van der Waals surface area contributed by atoms with Crippen molar-refractivity contribution in [2.24, 2.45) is 0 Å². The molecule has 4 nitrogen and oxygen atoms in total. The third-order valence-corrected chi connectivity index (χ3v) is 3.48. The molecule has 2 rings (SSSR count). The normalized spacial score (nSPS) is 10.1. The highest BCUT2D eigenvalue weighted by atomic mass is 35.5. The van der Waals surface area contributed by atoms with E-state index in [0.29, 0.717) is 22.6 Å². The maximum absolute atomic E-state index is 13.0. The summed E-state index contributed by atoms with van der Waals surface area (Å²) in [6.07, 6.45) is 1.49. The molecule has 2 aromatic rings. The Hall–Kier alpha value is -2.53. The second-order valence-electron chi connectivity index (χ2n) is 4.78. The van der Waals surface area contributed by atoms with Crippen LogP contribution in [0.15, 0.2) is 49.1 Å². The van der Waals surface area contributed by atoms with Gasteiger partial charge in [-0.2, -0.15) is 0 Å². The summed E-state index contributed by atoms with van der Waals surface area (Å²) in [4.78, 5) is 11.8. The topological polar surface area (TPSA) is 44.8 Å². The van der Waals surface area contributed by atoms with Crippen LogP contribution in [-0.4, -0.2) is 19.7 Å². The van der Waals surface area contributed by atoms with Crippen molar-refractivity contribution in [2.75, 3.05) is 13.7 Å². The van der Waals surface area contributed by atoms with Crippen molar-refractivity contribution in [3.63, 3.8) is 0 Å². The molecule has 0 atom stereocenters. The molecule has 24 heavy (non-hydrogen) atoms. The number of carbonyl (C=O) groups excluding carboxylic acids is 1. The first-order valence-corrected chi connectivity index (χ1v) is 7.45. The Labute approximate surface area is 144 Å². The molecule has 126 valence electrons. The molecule has 0 aliphatic heterocycles. The van der Waals surface area contributed by atoms with E-state index in [2.05, 4.69) is 6.58 Å². The molecule has 0 N–H and O–H groups in total. The molecule has 0 radical (unpaired) electrons. The fourth-order valence-electron chi connectivity index (χ4n) is 1.93. The van der Waals surface area contributed by atoms with E-state index < -0.39 is 11.8 Å². The second kappa shape index (κ2) is 8.36. The number of carbonyl (C=O) groups is 1. The fourth-order valence-corrected chi connectivity index (χ4v) is 2.15. The quantitative estimate of drug-likeness (QED) is 0.548. The summed E-state index contributed by atoms with van der Waals surface area (Å²) in [5.41, 5.74) is 0.968. The van der Waals surface area contributed by atoms with Crippen molar-refractivity contribution in [1.29, 1.82) is 0 Å². The van der Waals surface area contributed by atoms with E-state index in [1.165, 1.54) is 31.4 Å². The van der Waals surface area contributed by atoms with Gasteiger partial charge in [-0.3, -0.25) is 0 Å². The number of halogens is 2. The fraction of sp³-hybridized carbons (Fsp3) is 0.167. The third-order valence-electron chi connectivity index (χ3n) is 3.13. The van der Waals surface area contributed by atoms with E-state index in [1.807, 2.05) is 0 Å². The van der Waals surface area contributed by atoms with Gasteiger partial charge in [-0.25, -0.2) is 9.18 Å². The van der Waals surface area contributed by atoms with Gasteiger partial charge in [0, 0.05) is 5.56 Å². The minimum atomic E-state index is -0.485. The van der Waals surface area contributed by atoms with E-state index >= 15 is 0 Å². The lowest BCUT2D eigenvalue weighted by molar-refractivity contribution is 0.0549. The number of benzene rings is 2. The predicted octanol–water partition coefficient (Wildman–Crippen LogP) is 4.41. The van der Waals surface area contributed by atoms with Crippen molar-refractivity contribution in [3.05, 3.63) is 71.0 Å². The van der Waals surface area contributed by atoms with Crippen molar-refractivity contribution in [3.8, 4) is 11.5 Å². The molecule has 0 aromatic heterocycles. The summed E-state index contributed by atoms with van der Waals surface area (Å²) in [7, 11) is 1.46. The van der Waals surface area contributed by atoms with Gasteiger partial charge < -0.3 is 14.2 Å². The molecular weight excluding hydrogens is 335 g/mol. The van der Waals surface area contributed by atoms with Crippen LogP contribution < -0.4 is 9.47 Å². The molecule has 0 bridgehead atoms. The van der Waals surface area contributed by atoms with E-state index in [9.17, 15) is 9.18 Å². The van der Waals surface area contributed by atoms with Gasteiger partial charge in [0.05, 0.1) is 17.7 Å². The first-order valence-electron chi connectivity index (χ1n) is 7.08. The van der Waals surface area contributed by atoms with Gasteiger partial charge in [-0.1, -0.05) is 30.3 Å². The van der Waals surface area contributed by atoms with Crippen molar-refractivity contribution < 1.29 is 23.4 Å². The minimum absolute atomic E-state index is 0.127. The van der Waals surface area contributed by atoms with E-state index in [4.69, 9.17) is 25.8 Å². The molecular formula is C18H16ClFO4. The molecule has 0 heterocycles. The molecule has 0 aliphatic carbocycles. The zero-order chi connectivity index (χ0) is 17.5. The zero-order valence-electron chi connectivity index (χ0n) is 13.1. The van der Waals surface area contributed by atoms with Gasteiger partial charge in [0.1, 0.15) is 19.0 Å². The molecule has 0 amide bonds. The Morgan fingerprint density at radius 2 is 2.04 bits per heavy atom. The van der Waals surface area contributed by atoms with Crippen LogP contribution in [0, 0.1) is 5.82 Å². The van der Waals surface area contributed by atoms with Crippen LogP contribution in [0.4, 0.5) is 4.39 Å². The molecule has 6 heteroatoms. The van der Waals surface area contributed by atoms with Crippen molar-refractivity contribution >= 4 is 17.6 Å². The number of hydrogen-bond acceptors (Lipinski definition) is 4. The van der Waals surface area contributed by atoms with Crippen LogP contribution in [-0.2, 0) is 11.3 Å². The van der Waals surface area contributed by atoms with Crippen molar-refractivity contribution in [2.45, 2.75) is 6.61 Å². The van der Waals surface area contributed by atoms with Crippen LogP contribution in [0.1, 0.15) is 15.9 Å². The van der Waals surface area contributed by atoms with Crippen LogP contribution in [0.5, 0.6) is 11.5 Å². The maximum atomic E-state index is 13.0. The highest BCUT2D eigenvalue weighted by Crippen LogP contribution is 2.30. The first-order chi connectivity index (χ1) is 11.5. The average Bonchev–Trinajstić information content (AvgIpc) is 2.58. The van der Waals surface area contributed by atoms with Gasteiger partial charge in [0.2, 0.25) is 0 Å². The Balaban J connectivity index is 2.12. The molecule has 0 aliphatic rings. The summed E-state index contributed by atoms with van der Waals surface area (Å²) in [6, 6.07) is 8.76. The Kier molecular flexibility index (Phi) is 6.21. The number of hydrogen-bond donors (Lipinski definition) is 0. The number of methoxy groups -OCH3 is 1. The van der Waals surface area contributed by atoms with Gasteiger partial charge in [0.25, 0.3) is 0 Å². The highest BCUT2D eigenvalue weighted by Gasteiger charge is 2.13. The molecule has 0 unspecified atom stereocenters. The SMILES string of the molecule is C=CCOC(=O)c1ccc(OCc2ccc(F)cc2Cl)c(OC)c1. The highest BCUT2D eigenvalue weighted by molar-refractivity contribution is 6.31. The van der Waals surface area contributed by atoms with Crippen LogP contribution >= 0.6 is 11.6 Å². The van der Waals surface area contributed by atoms with Gasteiger partial charge in [-0.15, -0.1) is 0 Å². The summed E-state index contributed by atoms with van der Waals surface area (Å²) < 4.78 is 28.9. The third kappa shape index (κ3) is 4.49. The molecule has 0 fully saturated rings. The lowest BCUT2D eigenvalue weighted by Gasteiger charge is -2.12. The van der Waals surface area contributed by atoms with Crippen LogP contribution in [0.25, 0.3) is 0 Å². The first kappa shape index (κ1) is 17.8. The monoisotopic (exact) mass is 350 g/mol. The Morgan fingerprint density at radius 3 is 2.71 bits per heavy atom. The van der Waals surface area contributed by atoms with Crippen LogP contribution in [0.2, 0.25) is 5.02 Å². The predicted molar refractivity (Wildman–Crippen MR) is 89.2 cm³/mol. The molecule has 0 saturated carbocycles. The molecule has 0 saturated heterocycles. The average molecular weight is 351 g/mol. The summed E-state index contributed by atoms with van der Waals surface area (Å²) >= 11 is 5.96. The second-order valence-corrected chi connectivity index (χ2v) is 5.18. The summed E-state index contributed by atoms with van der Waals surface area (Å²) in [5, 5.41) is 0.276. The van der Waals surface area contributed by atoms with Crippen molar-refractivity contribution in [1.82, 2.24) is 0 Å². The minimum Gasteiger partial charge on any atom is -0.493 e. The smallest absolute Gasteiger partial charge is 0.338 e. The molecule has 0 spiro atoms. The number of esters is 1. The summed E-state index contributed by atoms with van der Waals surface area (Å²) in [6.45, 7) is 3.75. The molecule has 2 aromatic carbocycles. The van der Waals surface area contributed by atoms with E-state index in [-0.39, 0.29) is 18.2 Å². The van der Waals surface area contributed by atoms with E-state index in [0.717, 1.165) is 0 Å². The lowest BCUT2D eigenvalue weighted by Crippen LogP contribution is -2.06. The standard InChI is InChI=1S/C18H16ClFO4/c1-3-8-23-18(21)12-5-7-16(17(9-12)22-2)24-11-13-4-6-14(20)10-15(13)19/h3-7,9-10H,1,8,11H2,2H3. The largest absolute Gasteiger partial charge is 0.493 e. The summed E-state index contributed by atoms with van der Waals surface area (Å²) in [5.74, 6) is -0.0931. The van der Waals surface area contributed by atoms with Crippen LogP contribution in [0.3, 0.4) is 0 Å². The van der Waals surface area contributed by atoms with Gasteiger partial charge in [0.15, 0.2) is 11.5 Å². The van der Waals surface area contributed by atoms with E-state index in [1.54, 1.807) is 18.2 Å². The van der Waals surface area contributed by atoms with Gasteiger partial charge in [-0.05, 0) is 30.3 Å². The number of rotatable bonds is 7. The number of ether oxygens (including phenoxy) is 3. The van der Waals surface area contributed by atoms with Gasteiger partial charge >= 0.3 is 5.97 Å². The maximum Gasteiger partial charge on any atom is 0.338 e. The Morgan fingerprint density at radius 1 is 1.25 bits per heavy atom. The lowest BCUT2D eigenvalue weighted by atomic mass is 10.2.